The van der Waals surface area contributed by atoms with Crippen LogP contribution in [0.25, 0.3) is 0 Å². The normalized spacial score (nSPS) is 20.8. The molecule has 26 heavy (non-hydrogen) atoms. The van der Waals surface area contributed by atoms with Crippen LogP contribution in [0.1, 0.15) is 45.1 Å². The first-order valence-corrected chi connectivity index (χ1v) is 10.2. The van der Waals surface area contributed by atoms with E-state index >= 15 is 0 Å². The standard InChI is InChI=1S/C19H29N5OS/c1-14-6-3-7-15(2)24(14)13-16-8-4-9-17(12-16)25-11-5-10-21-19-23-22-18(20)26-19/h4,8-9,12,14-15H,3,5-7,10-11,13H2,1-2H3,(H2,20,22)(H,21,23). The molecule has 1 aliphatic heterocycles. The van der Waals surface area contributed by atoms with Crippen molar-refractivity contribution in [2.75, 3.05) is 24.2 Å². The predicted molar refractivity (Wildman–Crippen MR) is 108 cm³/mol. The van der Waals surface area contributed by atoms with Crippen molar-refractivity contribution in [2.45, 2.75) is 58.2 Å². The Bertz CT molecular complexity index is 682. The lowest BCUT2D eigenvalue weighted by molar-refractivity contribution is 0.0952. The molecule has 0 bridgehead atoms. The van der Waals surface area contributed by atoms with Crippen LogP contribution in [0.4, 0.5) is 10.3 Å². The van der Waals surface area contributed by atoms with Gasteiger partial charge in [-0.25, -0.2) is 0 Å². The fraction of sp³-hybridized carbons (Fsp3) is 0.579. The van der Waals surface area contributed by atoms with Crippen molar-refractivity contribution in [3.05, 3.63) is 29.8 Å². The van der Waals surface area contributed by atoms with Gasteiger partial charge >= 0.3 is 0 Å². The molecule has 1 aromatic heterocycles. The first-order valence-electron chi connectivity index (χ1n) is 9.42. The van der Waals surface area contributed by atoms with E-state index < -0.39 is 0 Å². The Balaban J connectivity index is 1.43. The van der Waals surface area contributed by atoms with E-state index in [9.17, 15) is 0 Å². The molecule has 1 aliphatic rings. The van der Waals surface area contributed by atoms with Gasteiger partial charge in [-0.3, -0.25) is 4.90 Å². The second-order valence-corrected chi connectivity index (χ2v) is 8.03. The summed E-state index contributed by atoms with van der Waals surface area (Å²) >= 11 is 1.36. The summed E-state index contributed by atoms with van der Waals surface area (Å²) in [6.07, 6.45) is 4.84. The van der Waals surface area contributed by atoms with E-state index in [4.69, 9.17) is 10.5 Å². The molecule has 0 spiro atoms. The van der Waals surface area contributed by atoms with E-state index in [2.05, 4.69) is 52.5 Å². The SMILES string of the molecule is CC1CCCC(C)N1Cc1cccc(OCCCNc2nnc(N)s2)c1. The lowest BCUT2D eigenvalue weighted by Crippen LogP contribution is -2.42. The molecular weight excluding hydrogens is 346 g/mol. The maximum Gasteiger partial charge on any atom is 0.207 e. The highest BCUT2D eigenvalue weighted by molar-refractivity contribution is 7.18. The zero-order chi connectivity index (χ0) is 18.4. The number of benzene rings is 1. The minimum Gasteiger partial charge on any atom is -0.494 e. The Morgan fingerprint density at radius 3 is 2.81 bits per heavy atom. The van der Waals surface area contributed by atoms with Gasteiger partial charge in [-0.2, -0.15) is 0 Å². The van der Waals surface area contributed by atoms with Gasteiger partial charge in [-0.1, -0.05) is 29.9 Å². The van der Waals surface area contributed by atoms with Crippen LogP contribution < -0.4 is 15.8 Å². The zero-order valence-corrected chi connectivity index (χ0v) is 16.5. The lowest BCUT2D eigenvalue weighted by atomic mass is 9.97. The van der Waals surface area contributed by atoms with Gasteiger partial charge in [0.25, 0.3) is 0 Å². The van der Waals surface area contributed by atoms with Gasteiger partial charge in [0.15, 0.2) is 0 Å². The van der Waals surface area contributed by atoms with Crippen molar-refractivity contribution in [1.82, 2.24) is 15.1 Å². The minimum atomic E-state index is 0.484. The van der Waals surface area contributed by atoms with Crippen LogP contribution in [0.3, 0.4) is 0 Å². The van der Waals surface area contributed by atoms with Crippen molar-refractivity contribution in [2.24, 2.45) is 0 Å². The summed E-state index contributed by atoms with van der Waals surface area (Å²) in [4.78, 5) is 2.61. The molecule has 0 radical (unpaired) electrons. The number of ether oxygens (including phenoxy) is 1. The van der Waals surface area contributed by atoms with Gasteiger partial charge in [0.05, 0.1) is 6.61 Å². The topological polar surface area (TPSA) is 76.3 Å². The number of nitrogens with two attached hydrogens (primary N) is 1. The Morgan fingerprint density at radius 2 is 2.08 bits per heavy atom. The van der Waals surface area contributed by atoms with E-state index in [1.165, 1.54) is 36.2 Å². The van der Waals surface area contributed by atoms with Gasteiger partial charge in [0.2, 0.25) is 10.3 Å². The molecule has 1 fully saturated rings. The molecule has 2 atom stereocenters. The first-order chi connectivity index (χ1) is 12.6. The van der Waals surface area contributed by atoms with Crippen molar-refractivity contribution >= 4 is 21.6 Å². The molecule has 142 valence electrons. The van der Waals surface area contributed by atoms with Crippen LogP contribution >= 0.6 is 11.3 Å². The van der Waals surface area contributed by atoms with Gasteiger partial charge in [-0.05, 0) is 50.8 Å². The van der Waals surface area contributed by atoms with Crippen molar-refractivity contribution < 1.29 is 4.74 Å². The monoisotopic (exact) mass is 375 g/mol. The van der Waals surface area contributed by atoms with Crippen molar-refractivity contribution in [3.63, 3.8) is 0 Å². The quantitative estimate of drug-likeness (QED) is 0.684. The predicted octanol–water partition coefficient (Wildman–Crippen LogP) is 3.76. The molecule has 0 amide bonds. The largest absolute Gasteiger partial charge is 0.494 e. The molecular formula is C19H29N5OS. The number of piperidine rings is 1. The Hall–Kier alpha value is -1.86. The molecule has 2 aromatic rings. The molecule has 2 unspecified atom stereocenters. The van der Waals surface area contributed by atoms with Crippen LogP contribution in [-0.4, -0.2) is 40.3 Å². The van der Waals surface area contributed by atoms with E-state index in [1.54, 1.807) is 0 Å². The van der Waals surface area contributed by atoms with E-state index in [0.717, 1.165) is 30.4 Å². The molecule has 7 heteroatoms. The van der Waals surface area contributed by atoms with Gasteiger partial charge in [0.1, 0.15) is 5.75 Å². The zero-order valence-electron chi connectivity index (χ0n) is 15.6. The third-order valence-corrected chi connectivity index (χ3v) is 5.66. The average molecular weight is 376 g/mol. The molecule has 6 nitrogen and oxygen atoms in total. The maximum atomic E-state index is 5.92. The second-order valence-electron chi connectivity index (χ2n) is 7.02. The van der Waals surface area contributed by atoms with E-state index in [-0.39, 0.29) is 0 Å². The maximum absolute atomic E-state index is 5.92. The number of nitrogen functional groups attached to an aromatic ring is 1. The Kier molecular flexibility index (Phi) is 6.68. The summed E-state index contributed by atoms with van der Waals surface area (Å²) in [5, 5.41) is 12.2. The van der Waals surface area contributed by atoms with Crippen molar-refractivity contribution in [1.29, 1.82) is 0 Å². The smallest absolute Gasteiger partial charge is 0.207 e. The van der Waals surface area contributed by atoms with Crippen LogP contribution in [0.2, 0.25) is 0 Å². The van der Waals surface area contributed by atoms with Gasteiger partial charge in [0, 0.05) is 25.2 Å². The summed E-state index contributed by atoms with van der Waals surface area (Å²) in [6, 6.07) is 9.81. The molecule has 3 rings (SSSR count). The van der Waals surface area contributed by atoms with Crippen molar-refractivity contribution in [3.8, 4) is 5.75 Å². The number of hydrogen-bond donors (Lipinski definition) is 2. The summed E-state index contributed by atoms with van der Waals surface area (Å²) < 4.78 is 5.92. The highest BCUT2D eigenvalue weighted by atomic mass is 32.1. The van der Waals surface area contributed by atoms with Gasteiger partial charge in [-0.15, -0.1) is 10.2 Å². The fourth-order valence-corrected chi connectivity index (χ4v) is 4.03. The highest BCUT2D eigenvalue weighted by Crippen LogP contribution is 2.25. The Labute approximate surface area is 159 Å². The molecule has 3 N–H and O–H groups in total. The third-order valence-electron chi connectivity index (χ3n) is 4.95. The molecule has 0 saturated carbocycles. The first kappa shape index (κ1) is 18.9. The number of hydrogen-bond acceptors (Lipinski definition) is 7. The lowest BCUT2D eigenvalue weighted by Gasteiger charge is -2.39. The summed E-state index contributed by atoms with van der Waals surface area (Å²) in [6.45, 7) is 7.14. The average Bonchev–Trinajstić information content (AvgIpc) is 3.04. The van der Waals surface area contributed by atoms with Crippen LogP contribution in [0.5, 0.6) is 5.75 Å². The summed E-state index contributed by atoms with van der Waals surface area (Å²) in [5.74, 6) is 0.944. The van der Waals surface area contributed by atoms with Crippen LogP contribution in [-0.2, 0) is 6.54 Å². The number of aromatic nitrogens is 2. The molecule has 1 saturated heterocycles. The minimum absolute atomic E-state index is 0.484. The van der Waals surface area contributed by atoms with Crippen LogP contribution in [0, 0.1) is 0 Å². The van der Waals surface area contributed by atoms with Crippen LogP contribution in [0.15, 0.2) is 24.3 Å². The van der Waals surface area contributed by atoms with Gasteiger partial charge < -0.3 is 15.8 Å². The molecule has 2 heterocycles. The summed E-state index contributed by atoms with van der Waals surface area (Å²) in [7, 11) is 0. The number of rotatable bonds is 8. The number of nitrogens with one attached hydrogen (secondary N) is 1. The third kappa shape index (κ3) is 5.32. The summed E-state index contributed by atoms with van der Waals surface area (Å²) in [5.41, 5.74) is 6.88. The second kappa shape index (κ2) is 9.19. The molecule has 1 aromatic carbocycles. The fourth-order valence-electron chi connectivity index (χ4n) is 3.49. The molecule has 0 aliphatic carbocycles. The number of likely N-dealkylation sites (tertiary alicyclic amines) is 1. The van der Waals surface area contributed by atoms with E-state index in [1.807, 2.05) is 6.07 Å². The number of nitrogens with zero attached hydrogens (tertiary/aromatic N) is 3. The van der Waals surface area contributed by atoms with E-state index in [0.29, 0.717) is 23.8 Å². The highest BCUT2D eigenvalue weighted by Gasteiger charge is 2.24. The number of anilines is 2. The Morgan fingerprint density at radius 1 is 1.27 bits per heavy atom.